The quantitative estimate of drug-likeness (QED) is 0.727. The minimum atomic E-state index is -0.00550. The van der Waals surface area contributed by atoms with Crippen LogP contribution in [0.3, 0.4) is 0 Å². The zero-order chi connectivity index (χ0) is 16.1. The molecule has 23 heavy (non-hydrogen) atoms. The van der Waals surface area contributed by atoms with Crippen molar-refractivity contribution in [1.82, 2.24) is 9.78 Å². The summed E-state index contributed by atoms with van der Waals surface area (Å²) < 4.78 is 1.77. The number of halogens is 1. The highest BCUT2D eigenvalue weighted by molar-refractivity contribution is 7.07. The van der Waals surface area contributed by atoms with Crippen LogP contribution in [-0.2, 0) is 17.8 Å². The van der Waals surface area contributed by atoms with E-state index in [-0.39, 0.29) is 5.91 Å². The maximum atomic E-state index is 12.1. The number of aryl methyl sites for hydroxylation is 1. The van der Waals surface area contributed by atoms with Crippen molar-refractivity contribution in [2.24, 2.45) is 0 Å². The normalized spacial score (nSPS) is 10.7. The second kappa shape index (κ2) is 7.44. The first-order chi connectivity index (χ1) is 11.2. The lowest BCUT2D eigenvalue weighted by atomic mass is 10.2. The molecule has 1 aromatic carbocycles. The molecule has 2 heterocycles. The maximum absolute atomic E-state index is 12.1. The fourth-order valence-corrected chi connectivity index (χ4v) is 3.05. The number of benzene rings is 1. The highest BCUT2D eigenvalue weighted by Crippen LogP contribution is 2.14. The van der Waals surface area contributed by atoms with Crippen molar-refractivity contribution in [3.63, 3.8) is 0 Å². The van der Waals surface area contributed by atoms with Gasteiger partial charge in [0.25, 0.3) is 0 Å². The van der Waals surface area contributed by atoms with Gasteiger partial charge >= 0.3 is 0 Å². The van der Waals surface area contributed by atoms with Gasteiger partial charge in [-0.3, -0.25) is 4.79 Å². The second-order valence-electron chi connectivity index (χ2n) is 5.18. The first-order valence-corrected chi connectivity index (χ1v) is 8.60. The largest absolute Gasteiger partial charge is 0.311 e. The highest BCUT2D eigenvalue weighted by atomic mass is 35.5. The molecule has 0 saturated heterocycles. The molecule has 3 rings (SSSR count). The van der Waals surface area contributed by atoms with Gasteiger partial charge in [-0.05, 0) is 46.5 Å². The van der Waals surface area contributed by atoms with Crippen LogP contribution in [0, 0.1) is 0 Å². The molecular weight excluding hydrogens is 330 g/mol. The van der Waals surface area contributed by atoms with Crippen molar-refractivity contribution >= 4 is 34.7 Å². The standard InChI is InChI=1S/C17H16ClN3OS/c18-15-4-1-13(2-5-15)11-21-16(7-9-19-21)20-17(22)6-3-14-8-10-23-12-14/h1-2,4-5,7-10,12H,3,6,11H2,(H,20,22). The number of nitrogens with zero attached hydrogens (tertiary/aromatic N) is 2. The van der Waals surface area contributed by atoms with Gasteiger partial charge in [-0.25, -0.2) is 4.68 Å². The molecule has 0 unspecified atom stereocenters. The smallest absolute Gasteiger partial charge is 0.225 e. The zero-order valence-electron chi connectivity index (χ0n) is 12.4. The molecule has 0 aliphatic rings. The Morgan fingerprint density at radius 3 is 2.74 bits per heavy atom. The van der Waals surface area contributed by atoms with Crippen LogP contribution in [0.15, 0.2) is 53.4 Å². The van der Waals surface area contributed by atoms with E-state index < -0.39 is 0 Å². The fraction of sp³-hybridized carbons (Fsp3) is 0.176. The first kappa shape index (κ1) is 15.8. The Bertz CT molecular complexity index is 766. The van der Waals surface area contributed by atoms with E-state index >= 15 is 0 Å². The van der Waals surface area contributed by atoms with Crippen molar-refractivity contribution in [2.45, 2.75) is 19.4 Å². The van der Waals surface area contributed by atoms with Gasteiger partial charge in [0.1, 0.15) is 5.82 Å². The van der Waals surface area contributed by atoms with Crippen molar-refractivity contribution in [3.8, 4) is 0 Å². The molecule has 4 nitrogen and oxygen atoms in total. The number of thiophene rings is 1. The summed E-state index contributed by atoms with van der Waals surface area (Å²) in [5.74, 6) is 0.698. The van der Waals surface area contributed by atoms with Crippen LogP contribution in [-0.4, -0.2) is 15.7 Å². The minimum absolute atomic E-state index is 0.00550. The van der Waals surface area contributed by atoms with Crippen LogP contribution in [0.2, 0.25) is 5.02 Å². The lowest BCUT2D eigenvalue weighted by Crippen LogP contribution is -2.16. The predicted octanol–water partition coefficient (Wildman–Crippen LogP) is 4.22. The van der Waals surface area contributed by atoms with Crippen molar-refractivity contribution in [1.29, 1.82) is 0 Å². The third-order valence-electron chi connectivity index (χ3n) is 3.45. The third kappa shape index (κ3) is 4.43. The molecule has 1 N–H and O–H groups in total. The number of rotatable bonds is 6. The Morgan fingerprint density at radius 1 is 1.17 bits per heavy atom. The van der Waals surface area contributed by atoms with E-state index in [4.69, 9.17) is 11.6 Å². The maximum Gasteiger partial charge on any atom is 0.225 e. The van der Waals surface area contributed by atoms with Crippen LogP contribution in [0.1, 0.15) is 17.5 Å². The second-order valence-corrected chi connectivity index (χ2v) is 6.40. The van der Waals surface area contributed by atoms with E-state index in [1.165, 1.54) is 5.56 Å². The Balaban J connectivity index is 1.59. The molecule has 0 spiro atoms. The topological polar surface area (TPSA) is 46.9 Å². The van der Waals surface area contributed by atoms with Gasteiger partial charge in [-0.1, -0.05) is 23.7 Å². The van der Waals surface area contributed by atoms with Crippen molar-refractivity contribution in [2.75, 3.05) is 5.32 Å². The Hall–Kier alpha value is -2.11. The van der Waals surface area contributed by atoms with Crippen LogP contribution in [0.4, 0.5) is 5.82 Å². The monoisotopic (exact) mass is 345 g/mol. The van der Waals surface area contributed by atoms with E-state index in [0.29, 0.717) is 23.8 Å². The number of carbonyl (C=O) groups is 1. The summed E-state index contributed by atoms with van der Waals surface area (Å²) in [6.45, 7) is 0.588. The molecule has 0 saturated carbocycles. The van der Waals surface area contributed by atoms with E-state index in [0.717, 1.165) is 12.0 Å². The minimum Gasteiger partial charge on any atom is -0.311 e. The van der Waals surface area contributed by atoms with E-state index in [9.17, 15) is 4.79 Å². The molecule has 3 aromatic rings. The first-order valence-electron chi connectivity index (χ1n) is 7.28. The molecule has 0 fully saturated rings. The number of hydrogen-bond donors (Lipinski definition) is 1. The Kier molecular flexibility index (Phi) is 5.10. The van der Waals surface area contributed by atoms with E-state index in [2.05, 4.69) is 15.8 Å². The summed E-state index contributed by atoms with van der Waals surface area (Å²) in [5.41, 5.74) is 2.27. The Labute approximate surface area is 143 Å². The van der Waals surface area contributed by atoms with Gasteiger partial charge < -0.3 is 5.32 Å². The van der Waals surface area contributed by atoms with Crippen molar-refractivity contribution < 1.29 is 4.79 Å². The van der Waals surface area contributed by atoms with Crippen LogP contribution >= 0.6 is 22.9 Å². The third-order valence-corrected chi connectivity index (χ3v) is 4.43. The number of anilines is 1. The number of amides is 1. The highest BCUT2D eigenvalue weighted by Gasteiger charge is 2.08. The fourth-order valence-electron chi connectivity index (χ4n) is 2.23. The average Bonchev–Trinajstić information content (AvgIpc) is 3.20. The van der Waals surface area contributed by atoms with Crippen molar-refractivity contribution in [3.05, 3.63) is 69.5 Å². The Morgan fingerprint density at radius 2 is 2.00 bits per heavy atom. The lowest BCUT2D eigenvalue weighted by molar-refractivity contribution is -0.116. The van der Waals surface area contributed by atoms with E-state index in [1.54, 1.807) is 28.3 Å². The molecule has 0 aliphatic heterocycles. The number of carbonyl (C=O) groups excluding carboxylic acids is 1. The van der Waals surface area contributed by atoms with Gasteiger partial charge in [0.15, 0.2) is 0 Å². The van der Waals surface area contributed by atoms with Gasteiger partial charge in [0, 0.05) is 17.5 Å². The van der Waals surface area contributed by atoms with Crippen LogP contribution < -0.4 is 5.32 Å². The summed E-state index contributed by atoms with van der Waals surface area (Å²) in [6, 6.07) is 11.4. The summed E-state index contributed by atoms with van der Waals surface area (Å²) in [7, 11) is 0. The molecule has 6 heteroatoms. The summed E-state index contributed by atoms with van der Waals surface area (Å²) in [5, 5.41) is 12.0. The lowest BCUT2D eigenvalue weighted by Gasteiger charge is -2.09. The van der Waals surface area contributed by atoms with Gasteiger partial charge in [-0.2, -0.15) is 16.4 Å². The molecule has 118 valence electrons. The molecule has 0 bridgehead atoms. The van der Waals surface area contributed by atoms with Gasteiger partial charge in [-0.15, -0.1) is 0 Å². The number of aromatic nitrogens is 2. The zero-order valence-corrected chi connectivity index (χ0v) is 14.0. The van der Waals surface area contributed by atoms with Crippen LogP contribution in [0.25, 0.3) is 0 Å². The summed E-state index contributed by atoms with van der Waals surface area (Å²) in [4.78, 5) is 12.1. The number of hydrogen-bond acceptors (Lipinski definition) is 3. The average molecular weight is 346 g/mol. The molecule has 1 amide bonds. The van der Waals surface area contributed by atoms with E-state index in [1.807, 2.05) is 35.7 Å². The van der Waals surface area contributed by atoms with Gasteiger partial charge in [0.05, 0.1) is 12.7 Å². The molecule has 2 aromatic heterocycles. The molecular formula is C17H16ClN3OS. The molecule has 0 aliphatic carbocycles. The predicted molar refractivity (Wildman–Crippen MR) is 94.1 cm³/mol. The molecule has 0 atom stereocenters. The van der Waals surface area contributed by atoms with Crippen LogP contribution in [0.5, 0.6) is 0 Å². The van der Waals surface area contributed by atoms with Gasteiger partial charge in [0.2, 0.25) is 5.91 Å². The number of nitrogens with one attached hydrogen (secondary N) is 1. The molecule has 0 radical (unpaired) electrons. The SMILES string of the molecule is O=C(CCc1ccsc1)Nc1ccnn1Cc1ccc(Cl)cc1. The summed E-state index contributed by atoms with van der Waals surface area (Å²) >= 11 is 7.54. The summed E-state index contributed by atoms with van der Waals surface area (Å²) in [6.07, 6.45) is 2.90.